The Morgan fingerprint density at radius 2 is 1.87 bits per heavy atom. The molecule has 0 amide bonds. The van der Waals surface area contributed by atoms with Crippen molar-refractivity contribution in [3.05, 3.63) is 0 Å². The average Bonchev–Trinajstić information content (AvgIpc) is 2.15. The maximum absolute atomic E-state index is 9.45. The van der Waals surface area contributed by atoms with Crippen molar-refractivity contribution in [1.82, 2.24) is 10.2 Å². The summed E-state index contributed by atoms with van der Waals surface area (Å²) in [6.45, 7) is 11.7. The second-order valence-corrected chi connectivity index (χ2v) is 5.19. The summed E-state index contributed by atoms with van der Waals surface area (Å²) in [4.78, 5) is 2.30. The molecule has 0 aliphatic heterocycles. The number of hydrogen-bond acceptors (Lipinski definition) is 3. The number of likely N-dealkylation sites (N-methyl/N-ethyl adjacent to an activating group) is 1. The predicted octanol–water partition coefficient (Wildman–Crippen LogP) is 1.47. The number of nitrogens with one attached hydrogen (secondary N) is 1. The van der Waals surface area contributed by atoms with Gasteiger partial charge in [0.05, 0.1) is 12.1 Å². The highest BCUT2D eigenvalue weighted by molar-refractivity contribution is 4.87. The molecule has 0 aliphatic rings. The van der Waals surface area contributed by atoms with Gasteiger partial charge in [0.25, 0.3) is 0 Å². The second kappa shape index (κ2) is 6.46. The van der Waals surface area contributed by atoms with Crippen LogP contribution in [0.25, 0.3) is 0 Å². The lowest BCUT2D eigenvalue weighted by Crippen LogP contribution is -2.56. The molecule has 0 rings (SSSR count). The van der Waals surface area contributed by atoms with Crippen LogP contribution in [0.3, 0.4) is 0 Å². The van der Waals surface area contributed by atoms with Gasteiger partial charge in [0.1, 0.15) is 0 Å². The lowest BCUT2D eigenvalue weighted by Gasteiger charge is -2.37. The molecule has 0 aliphatic carbocycles. The van der Waals surface area contributed by atoms with Crippen LogP contribution in [0.5, 0.6) is 0 Å². The summed E-state index contributed by atoms with van der Waals surface area (Å²) < 4.78 is 0. The molecule has 2 unspecified atom stereocenters. The van der Waals surface area contributed by atoms with Crippen molar-refractivity contribution in [3.63, 3.8) is 0 Å². The molecule has 0 radical (unpaired) electrons. The van der Waals surface area contributed by atoms with Gasteiger partial charge in [-0.05, 0) is 27.3 Å². The molecular weight excluding hydrogens is 188 g/mol. The Morgan fingerprint density at radius 3 is 2.20 bits per heavy atom. The molecule has 2 atom stereocenters. The first-order valence-corrected chi connectivity index (χ1v) is 5.93. The molecule has 3 heteroatoms. The highest BCUT2D eigenvalue weighted by atomic mass is 16.3. The van der Waals surface area contributed by atoms with Crippen molar-refractivity contribution in [1.29, 1.82) is 0 Å². The van der Waals surface area contributed by atoms with Crippen LogP contribution in [0.1, 0.15) is 41.0 Å². The topological polar surface area (TPSA) is 35.5 Å². The molecule has 2 N–H and O–H groups in total. The molecule has 0 heterocycles. The molecule has 0 fully saturated rings. The standard InChI is InChI=1S/C12H28N2O/c1-7-11(4)14(6)8-12(5,9-15)13-10(2)3/h10-11,13,15H,7-9H2,1-6H3. The third kappa shape index (κ3) is 5.50. The Hall–Kier alpha value is -0.120. The largest absolute Gasteiger partial charge is 0.394 e. The van der Waals surface area contributed by atoms with Gasteiger partial charge in [-0.3, -0.25) is 0 Å². The van der Waals surface area contributed by atoms with Crippen LogP contribution in [-0.2, 0) is 0 Å². The SMILES string of the molecule is CCC(C)N(C)CC(C)(CO)NC(C)C. The zero-order chi connectivity index (χ0) is 12.1. The van der Waals surface area contributed by atoms with Gasteiger partial charge in [-0.2, -0.15) is 0 Å². The Balaban J connectivity index is 4.29. The van der Waals surface area contributed by atoms with Crippen LogP contribution >= 0.6 is 0 Å². The minimum Gasteiger partial charge on any atom is -0.394 e. The van der Waals surface area contributed by atoms with Crippen molar-refractivity contribution < 1.29 is 5.11 Å². The first-order valence-electron chi connectivity index (χ1n) is 5.93. The second-order valence-electron chi connectivity index (χ2n) is 5.19. The summed E-state index contributed by atoms with van der Waals surface area (Å²) in [6.07, 6.45) is 1.14. The van der Waals surface area contributed by atoms with Gasteiger partial charge >= 0.3 is 0 Å². The van der Waals surface area contributed by atoms with E-state index in [1.165, 1.54) is 0 Å². The smallest absolute Gasteiger partial charge is 0.0623 e. The summed E-state index contributed by atoms with van der Waals surface area (Å²) in [5.41, 5.74) is -0.202. The molecule has 0 aromatic carbocycles. The third-order valence-corrected chi connectivity index (χ3v) is 2.93. The molecule has 15 heavy (non-hydrogen) atoms. The number of aliphatic hydroxyl groups excluding tert-OH is 1. The first-order chi connectivity index (χ1) is 6.84. The molecule has 0 aromatic rings. The van der Waals surface area contributed by atoms with Gasteiger partial charge in [0.2, 0.25) is 0 Å². The van der Waals surface area contributed by atoms with Crippen molar-refractivity contribution >= 4 is 0 Å². The summed E-state index contributed by atoms with van der Waals surface area (Å²) in [5, 5.41) is 12.9. The molecule has 92 valence electrons. The van der Waals surface area contributed by atoms with E-state index in [9.17, 15) is 5.11 Å². The lowest BCUT2D eigenvalue weighted by molar-refractivity contribution is 0.108. The first kappa shape index (κ1) is 14.9. The van der Waals surface area contributed by atoms with Gasteiger partial charge < -0.3 is 15.3 Å². The summed E-state index contributed by atoms with van der Waals surface area (Å²) in [7, 11) is 2.12. The molecule has 3 nitrogen and oxygen atoms in total. The van der Waals surface area contributed by atoms with E-state index in [2.05, 4.69) is 51.9 Å². The number of nitrogens with zero attached hydrogens (tertiary/aromatic N) is 1. The van der Waals surface area contributed by atoms with Gasteiger partial charge in [0, 0.05) is 18.6 Å². The zero-order valence-corrected chi connectivity index (χ0v) is 11.2. The minimum atomic E-state index is -0.202. The summed E-state index contributed by atoms with van der Waals surface area (Å²) in [6, 6.07) is 0.956. The molecule has 0 aromatic heterocycles. The molecule has 0 saturated heterocycles. The molecule has 0 bridgehead atoms. The van der Waals surface area contributed by atoms with Gasteiger partial charge in [-0.1, -0.05) is 20.8 Å². The van der Waals surface area contributed by atoms with E-state index in [1.807, 2.05) is 0 Å². The Labute approximate surface area is 94.9 Å². The maximum Gasteiger partial charge on any atom is 0.0623 e. The highest BCUT2D eigenvalue weighted by Crippen LogP contribution is 2.10. The van der Waals surface area contributed by atoms with Crippen molar-refractivity contribution in [2.24, 2.45) is 0 Å². The monoisotopic (exact) mass is 216 g/mol. The van der Waals surface area contributed by atoms with Crippen LogP contribution in [0.15, 0.2) is 0 Å². The number of aliphatic hydroxyl groups is 1. The van der Waals surface area contributed by atoms with Crippen molar-refractivity contribution in [2.75, 3.05) is 20.2 Å². The highest BCUT2D eigenvalue weighted by Gasteiger charge is 2.26. The van der Waals surface area contributed by atoms with Gasteiger partial charge in [-0.25, -0.2) is 0 Å². The van der Waals surface area contributed by atoms with Crippen molar-refractivity contribution in [3.8, 4) is 0 Å². The van der Waals surface area contributed by atoms with Gasteiger partial charge in [-0.15, -0.1) is 0 Å². The average molecular weight is 216 g/mol. The summed E-state index contributed by atoms with van der Waals surface area (Å²) >= 11 is 0. The predicted molar refractivity (Wildman–Crippen MR) is 66.1 cm³/mol. The third-order valence-electron chi connectivity index (χ3n) is 2.93. The van der Waals surface area contributed by atoms with Crippen LogP contribution < -0.4 is 5.32 Å². The minimum absolute atomic E-state index is 0.173. The lowest BCUT2D eigenvalue weighted by atomic mass is 10.0. The van der Waals surface area contributed by atoms with E-state index in [1.54, 1.807) is 0 Å². The normalized spacial score (nSPS) is 18.2. The maximum atomic E-state index is 9.45. The number of rotatable bonds is 7. The van der Waals surface area contributed by atoms with Crippen LogP contribution in [0.2, 0.25) is 0 Å². The Bertz CT molecular complexity index is 173. The fraction of sp³-hybridized carbons (Fsp3) is 1.00. The zero-order valence-electron chi connectivity index (χ0n) is 11.2. The van der Waals surface area contributed by atoms with E-state index < -0.39 is 0 Å². The van der Waals surface area contributed by atoms with Crippen LogP contribution in [0, 0.1) is 0 Å². The molecule has 0 saturated carbocycles. The Kier molecular flexibility index (Phi) is 6.41. The van der Waals surface area contributed by atoms with Gasteiger partial charge in [0.15, 0.2) is 0 Å². The van der Waals surface area contributed by atoms with Crippen molar-refractivity contribution in [2.45, 2.75) is 58.7 Å². The van der Waals surface area contributed by atoms with Crippen LogP contribution in [-0.4, -0.2) is 47.8 Å². The van der Waals surface area contributed by atoms with E-state index in [4.69, 9.17) is 0 Å². The Morgan fingerprint density at radius 1 is 1.33 bits per heavy atom. The van der Waals surface area contributed by atoms with E-state index >= 15 is 0 Å². The van der Waals surface area contributed by atoms with E-state index in [-0.39, 0.29) is 12.1 Å². The fourth-order valence-electron chi connectivity index (χ4n) is 1.86. The van der Waals surface area contributed by atoms with E-state index in [0.717, 1.165) is 13.0 Å². The van der Waals surface area contributed by atoms with E-state index in [0.29, 0.717) is 12.1 Å². The quantitative estimate of drug-likeness (QED) is 0.676. The fourth-order valence-corrected chi connectivity index (χ4v) is 1.86. The van der Waals surface area contributed by atoms with Crippen LogP contribution in [0.4, 0.5) is 0 Å². The number of hydrogen-bond donors (Lipinski definition) is 2. The molecule has 0 spiro atoms. The molecular formula is C12H28N2O. The summed E-state index contributed by atoms with van der Waals surface area (Å²) in [5.74, 6) is 0.